The van der Waals surface area contributed by atoms with Crippen molar-refractivity contribution < 1.29 is 19.1 Å². The third-order valence-corrected chi connectivity index (χ3v) is 3.35. The molecule has 2 rings (SSSR count). The molecule has 98 valence electrons. The van der Waals surface area contributed by atoms with Gasteiger partial charge in [-0.3, -0.25) is 9.59 Å². The molecule has 1 heterocycles. The van der Waals surface area contributed by atoms with Crippen LogP contribution in [-0.2, 0) is 9.59 Å². The van der Waals surface area contributed by atoms with E-state index < -0.39 is 11.9 Å². The Balaban J connectivity index is 1.96. The minimum Gasteiger partial charge on any atom is -0.481 e. The zero-order valence-corrected chi connectivity index (χ0v) is 10.7. The maximum Gasteiger partial charge on any atom is 0.307 e. The van der Waals surface area contributed by atoms with Crippen LogP contribution in [0.1, 0.15) is 36.5 Å². The minimum absolute atomic E-state index is 0.162. The lowest BCUT2D eigenvalue weighted by atomic mass is 10.1. The van der Waals surface area contributed by atoms with Gasteiger partial charge >= 0.3 is 5.97 Å². The van der Waals surface area contributed by atoms with Crippen LogP contribution < -0.4 is 5.32 Å². The van der Waals surface area contributed by atoms with Crippen LogP contribution in [0.25, 0.3) is 0 Å². The number of carbonyl (C=O) groups is 2. The van der Waals surface area contributed by atoms with Crippen molar-refractivity contribution in [1.82, 2.24) is 5.32 Å². The Bertz CT molecular complexity index is 491. The Hall–Kier alpha value is -1.78. The molecule has 1 fully saturated rings. The number of rotatable bonds is 4. The highest BCUT2D eigenvalue weighted by Gasteiger charge is 2.48. The van der Waals surface area contributed by atoms with Gasteiger partial charge in [-0.05, 0) is 33.3 Å². The van der Waals surface area contributed by atoms with Crippen molar-refractivity contribution in [2.45, 2.75) is 33.2 Å². The largest absolute Gasteiger partial charge is 0.481 e. The molecule has 1 aliphatic rings. The van der Waals surface area contributed by atoms with Crippen LogP contribution in [0.2, 0.25) is 0 Å². The second-order valence-corrected chi connectivity index (χ2v) is 4.89. The third kappa shape index (κ3) is 2.39. The van der Waals surface area contributed by atoms with Crippen LogP contribution in [0, 0.1) is 25.7 Å². The first-order valence-electron chi connectivity index (χ1n) is 6.00. The molecule has 5 nitrogen and oxygen atoms in total. The third-order valence-electron chi connectivity index (χ3n) is 3.35. The summed E-state index contributed by atoms with van der Waals surface area (Å²) in [6.07, 6.45) is 0.442. The molecule has 1 aliphatic carbocycles. The van der Waals surface area contributed by atoms with E-state index >= 15 is 0 Å². The van der Waals surface area contributed by atoms with Gasteiger partial charge in [0.2, 0.25) is 5.91 Å². The lowest BCUT2D eigenvalue weighted by Crippen LogP contribution is -2.29. The summed E-state index contributed by atoms with van der Waals surface area (Å²) in [5, 5.41) is 11.6. The summed E-state index contributed by atoms with van der Waals surface area (Å²) in [5.74, 6) is -0.377. The Labute approximate surface area is 105 Å². The van der Waals surface area contributed by atoms with Crippen molar-refractivity contribution in [3.63, 3.8) is 0 Å². The smallest absolute Gasteiger partial charge is 0.307 e. The lowest BCUT2D eigenvalue weighted by Gasteiger charge is -2.12. The molecule has 1 saturated carbocycles. The topological polar surface area (TPSA) is 79.5 Å². The molecule has 1 unspecified atom stereocenters. The summed E-state index contributed by atoms with van der Waals surface area (Å²) >= 11 is 0. The van der Waals surface area contributed by atoms with Crippen molar-refractivity contribution >= 4 is 11.9 Å². The number of carboxylic acids is 1. The quantitative estimate of drug-likeness (QED) is 0.855. The van der Waals surface area contributed by atoms with Gasteiger partial charge < -0.3 is 14.8 Å². The normalized spacial score (nSPS) is 23.5. The number of aliphatic carboxylic acids is 1. The average Bonchev–Trinajstić information content (AvgIpc) is 2.99. The molecule has 0 saturated heterocycles. The van der Waals surface area contributed by atoms with Crippen LogP contribution in [0.4, 0.5) is 0 Å². The summed E-state index contributed by atoms with van der Waals surface area (Å²) < 4.78 is 5.41. The number of amides is 1. The first kappa shape index (κ1) is 12.7. The summed E-state index contributed by atoms with van der Waals surface area (Å²) in [4.78, 5) is 22.5. The zero-order chi connectivity index (χ0) is 13.4. The predicted octanol–water partition coefficient (Wildman–Crippen LogP) is 1.79. The molecule has 1 amide bonds. The molecule has 2 N–H and O–H groups in total. The molecule has 0 spiro atoms. The molecule has 1 aromatic heterocycles. The lowest BCUT2D eigenvalue weighted by molar-refractivity contribution is -0.140. The van der Waals surface area contributed by atoms with Crippen LogP contribution in [-0.4, -0.2) is 17.0 Å². The predicted molar refractivity (Wildman–Crippen MR) is 64.0 cm³/mol. The van der Waals surface area contributed by atoms with Crippen LogP contribution in [0.5, 0.6) is 0 Å². The second-order valence-electron chi connectivity index (χ2n) is 4.89. The highest BCUT2D eigenvalue weighted by molar-refractivity contribution is 5.89. The van der Waals surface area contributed by atoms with Gasteiger partial charge in [0.1, 0.15) is 11.5 Å². The molecule has 0 aliphatic heterocycles. The van der Waals surface area contributed by atoms with E-state index in [1.54, 1.807) is 0 Å². The van der Waals surface area contributed by atoms with Crippen molar-refractivity contribution in [3.05, 3.63) is 23.2 Å². The highest BCUT2D eigenvalue weighted by Crippen LogP contribution is 2.39. The number of carboxylic acid groups (broad SMARTS) is 1. The van der Waals surface area contributed by atoms with E-state index in [9.17, 15) is 9.59 Å². The Morgan fingerprint density at radius 1 is 1.44 bits per heavy atom. The number of aryl methyl sites for hydroxylation is 2. The number of furan rings is 1. The van der Waals surface area contributed by atoms with Crippen LogP contribution in [0.3, 0.4) is 0 Å². The number of nitrogens with one attached hydrogen (secondary N) is 1. The van der Waals surface area contributed by atoms with E-state index in [2.05, 4.69) is 5.32 Å². The molecule has 0 aromatic carbocycles. The van der Waals surface area contributed by atoms with Crippen molar-refractivity contribution in [1.29, 1.82) is 0 Å². The standard InChI is InChI=1S/C13H17NO4/c1-6-4-9(8(3)18-6)7(2)14-12(15)10-5-11(10)13(16)17/h4,7,10-11H,5H2,1-3H3,(H,14,15)(H,16,17)/t7?,10-,11+/m1/s1. The van der Waals surface area contributed by atoms with Gasteiger partial charge in [-0.2, -0.15) is 0 Å². The van der Waals surface area contributed by atoms with Gasteiger partial charge in [0, 0.05) is 5.56 Å². The summed E-state index contributed by atoms with van der Waals surface area (Å²) in [7, 11) is 0. The number of hydrogen-bond acceptors (Lipinski definition) is 3. The van der Waals surface area contributed by atoms with E-state index in [0.29, 0.717) is 6.42 Å². The van der Waals surface area contributed by atoms with Gasteiger partial charge in [-0.15, -0.1) is 0 Å². The van der Waals surface area contributed by atoms with Gasteiger partial charge in [0.05, 0.1) is 17.9 Å². The maximum atomic E-state index is 11.8. The minimum atomic E-state index is -0.891. The molecular formula is C13H17NO4. The van der Waals surface area contributed by atoms with Crippen LogP contribution >= 0.6 is 0 Å². The highest BCUT2D eigenvalue weighted by atomic mass is 16.4. The van der Waals surface area contributed by atoms with Crippen molar-refractivity contribution in [2.24, 2.45) is 11.8 Å². The average molecular weight is 251 g/mol. The molecule has 3 atom stereocenters. The summed E-state index contributed by atoms with van der Waals surface area (Å²) in [6.45, 7) is 5.57. The molecule has 5 heteroatoms. The van der Waals surface area contributed by atoms with Gasteiger partial charge in [0.25, 0.3) is 0 Å². The van der Waals surface area contributed by atoms with E-state index in [1.165, 1.54) is 0 Å². The van der Waals surface area contributed by atoms with E-state index in [4.69, 9.17) is 9.52 Å². The Morgan fingerprint density at radius 3 is 2.56 bits per heavy atom. The monoisotopic (exact) mass is 251 g/mol. The second kappa shape index (κ2) is 4.48. The fraction of sp³-hybridized carbons (Fsp3) is 0.538. The Kier molecular flexibility index (Phi) is 3.15. The molecule has 0 bridgehead atoms. The first-order chi connectivity index (χ1) is 8.40. The van der Waals surface area contributed by atoms with Gasteiger partial charge in [-0.25, -0.2) is 0 Å². The summed E-state index contributed by atoms with van der Waals surface area (Å²) in [6, 6.07) is 1.73. The van der Waals surface area contributed by atoms with Crippen molar-refractivity contribution in [3.8, 4) is 0 Å². The summed E-state index contributed by atoms with van der Waals surface area (Å²) in [5.41, 5.74) is 0.938. The maximum absolute atomic E-state index is 11.8. The Morgan fingerprint density at radius 2 is 2.11 bits per heavy atom. The first-order valence-corrected chi connectivity index (χ1v) is 6.00. The van der Waals surface area contributed by atoms with Crippen LogP contribution in [0.15, 0.2) is 10.5 Å². The molecule has 1 aromatic rings. The fourth-order valence-electron chi connectivity index (χ4n) is 2.24. The van der Waals surface area contributed by atoms with E-state index in [0.717, 1.165) is 17.1 Å². The zero-order valence-electron chi connectivity index (χ0n) is 10.7. The number of carbonyl (C=O) groups excluding carboxylic acids is 1. The SMILES string of the molecule is Cc1cc(C(C)NC(=O)[C@@H]2C[C@@H]2C(=O)O)c(C)o1. The van der Waals surface area contributed by atoms with Gasteiger partial charge in [-0.1, -0.05) is 0 Å². The van der Waals surface area contributed by atoms with E-state index in [1.807, 2.05) is 26.8 Å². The fourth-order valence-corrected chi connectivity index (χ4v) is 2.24. The number of hydrogen-bond donors (Lipinski definition) is 2. The molecular weight excluding hydrogens is 234 g/mol. The molecule has 18 heavy (non-hydrogen) atoms. The van der Waals surface area contributed by atoms with Gasteiger partial charge in [0.15, 0.2) is 0 Å². The van der Waals surface area contributed by atoms with E-state index in [-0.39, 0.29) is 17.9 Å². The molecule has 0 radical (unpaired) electrons. The van der Waals surface area contributed by atoms with Crippen molar-refractivity contribution in [2.75, 3.05) is 0 Å².